The molecule has 20 heavy (non-hydrogen) atoms. The van der Waals surface area contributed by atoms with Crippen LogP contribution in [0.3, 0.4) is 0 Å². The lowest BCUT2D eigenvalue weighted by Crippen LogP contribution is -2.55. The molecule has 0 aromatic heterocycles. The predicted octanol–water partition coefficient (Wildman–Crippen LogP) is 1.27. The molecule has 2 saturated carbocycles. The minimum atomic E-state index is 0.0788. The summed E-state index contributed by atoms with van der Waals surface area (Å²) >= 11 is 3.94. The van der Waals surface area contributed by atoms with Gasteiger partial charge in [0.15, 0.2) is 5.12 Å². The Hall–Kier alpha value is -0.100. The zero-order valence-corrected chi connectivity index (χ0v) is 13.3. The molecule has 4 nitrogen and oxygen atoms in total. The number of carbonyl (C=O) groups is 1. The van der Waals surface area contributed by atoms with Crippen LogP contribution in [0, 0.1) is 11.3 Å². The second-order valence-electron chi connectivity index (χ2n) is 6.91. The van der Waals surface area contributed by atoms with Crippen molar-refractivity contribution in [2.24, 2.45) is 11.3 Å². The lowest BCUT2D eigenvalue weighted by atomic mass is 9.80. The molecule has 0 unspecified atom stereocenters. The third-order valence-electron chi connectivity index (χ3n) is 5.35. The topological polar surface area (TPSA) is 32.8 Å². The van der Waals surface area contributed by atoms with Gasteiger partial charge in [0.2, 0.25) is 0 Å². The number of rotatable bonds is 6. The Balaban J connectivity index is 1.39. The zero-order chi connectivity index (χ0) is 14.2. The number of carbonyl (C=O) groups excluding carboxylic acids is 1. The SMILES string of the molecule is COCC1(CN2CCN(C3CC(C(=O)S)C3)CC2)CC1. The quantitative estimate of drug-likeness (QED) is 0.749. The van der Waals surface area contributed by atoms with E-state index in [1.165, 1.54) is 32.5 Å². The van der Waals surface area contributed by atoms with Crippen LogP contribution in [0.15, 0.2) is 0 Å². The molecule has 3 fully saturated rings. The molecule has 0 bridgehead atoms. The summed E-state index contributed by atoms with van der Waals surface area (Å²) < 4.78 is 5.35. The lowest BCUT2D eigenvalue weighted by Gasteiger charge is -2.46. The minimum absolute atomic E-state index is 0.0788. The first-order valence-electron chi connectivity index (χ1n) is 7.80. The summed E-state index contributed by atoms with van der Waals surface area (Å²) in [5.74, 6) is 0.220. The van der Waals surface area contributed by atoms with Crippen molar-refractivity contribution < 1.29 is 9.53 Å². The van der Waals surface area contributed by atoms with Crippen LogP contribution in [0.25, 0.3) is 0 Å². The largest absolute Gasteiger partial charge is 0.384 e. The number of nitrogens with zero attached hydrogens (tertiary/aromatic N) is 2. The van der Waals surface area contributed by atoms with E-state index in [-0.39, 0.29) is 11.0 Å². The van der Waals surface area contributed by atoms with Gasteiger partial charge in [-0.05, 0) is 25.7 Å². The van der Waals surface area contributed by atoms with E-state index >= 15 is 0 Å². The van der Waals surface area contributed by atoms with E-state index in [1.807, 2.05) is 7.11 Å². The molecule has 1 aliphatic heterocycles. The third-order valence-corrected chi connectivity index (χ3v) is 5.72. The van der Waals surface area contributed by atoms with Gasteiger partial charge in [0, 0.05) is 57.2 Å². The molecule has 0 amide bonds. The molecule has 3 aliphatic rings. The number of piperazine rings is 1. The molecule has 0 aromatic rings. The van der Waals surface area contributed by atoms with E-state index < -0.39 is 0 Å². The van der Waals surface area contributed by atoms with Crippen molar-refractivity contribution in [2.75, 3.05) is 46.4 Å². The van der Waals surface area contributed by atoms with Gasteiger partial charge >= 0.3 is 0 Å². The second kappa shape index (κ2) is 5.95. The summed E-state index contributed by atoms with van der Waals surface area (Å²) in [5.41, 5.74) is 0.469. The normalized spacial score (nSPS) is 33.7. The van der Waals surface area contributed by atoms with E-state index in [0.717, 1.165) is 32.5 Å². The second-order valence-corrected chi connectivity index (χ2v) is 7.35. The molecular weight excluding hydrogens is 272 g/mol. The first-order valence-corrected chi connectivity index (χ1v) is 8.25. The predicted molar refractivity (Wildman–Crippen MR) is 82.1 cm³/mol. The Bertz CT molecular complexity index is 359. The highest BCUT2D eigenvalue weighted by molar-refractivity contribution is 7.96. The van der Waals surface area contributed by atoms with Crippen molar-refractivity contribution >= 4 is 17.7 Å². The molecule has 5 heteroatoms. The molecule has 1 heterocycles. The monoisotopic (exact) mass is 298 g/mol. The van der Waals surface area contributed by atoms with Crippen LogP contribution >= 0.6 is 12.6 Å². The standard InChI is InChI=1S/C15H26N2O2S/c1-19-11-15(2-3-15)10-16-4-6-17(7-5-16)13-8-12(9-13)14(18)20/h12-13H,2-11H2,1H3,(H,18,20). The maximum atomic E-state index is 11.2. The van der Waals surface area contributed by atoms with Crippen molar-refractivity contribution in [3.05, 3.63) is 0 Å². The van der Waals surface area contributed by atoms with Crippen molar-refractivity contribution in [1.29, 1.82) is 0 Å². The number of thiol groups is 1. The van der Waals surface area contributed by atoms with Gasteiger partial charge in [-0.25, -0.2) is 0 Å². The Labute approximate surface area is 127 Å². The summed E-state index contributed by atoms with van der Waals surface area (Å²) in [6.45, 7) is 6.77. The molecule has 1 saturated heterocycles. The van der Waals surface area contributed by atoms with Gasteiger partial charge in [-0.3, -0.25) is 9.69 Å². The highest BCUT2D eigenvalue weighted by Crippen LogP contribution is 2.46. The molecule has 0 N–H and O–H groups in total. The van der Waals surface area contributed by atoms with Gasteiger partial charge in [0.25, 0.3) is 0 Å². The Morgan fingerprint density at radius 3 is 2.40 bits per heavy atom. The Kier molecular flexibility index (Phi) is 4.41. The van der Waals surface area contributed by atoms with Crippen LogP contribution in [0.4, 0.5) is 0 Å². The molecule has 0 spiro atoms. The Morgan fingerprint density at radius 2 is 1.90 bits per heavy atom. The maximum Gasteiger partial charge on any atom is 0.189 e. The van der Waals surface area contributed by atoms with Crippen molar-refractivity contribution in [2.45, 2.75) is 31.7 Å². The van der Waals surface area contributed by atoms with E-state index in [9.17, 15) is 4.79 Å². The number of ether oxygens (including phenoxy) is 1. The van der Waals surface area contributed by atoms with Gasteiger partial charge < -0.3 is 9.64 Å². The fourth-order valence-electron chi connectivity index (χ4n) is 3.68. The van der Waals surface area contributed by atoms with Crippen molar-refractivity contribution in [1.82, 2.24) is 9.80 Å². The molecule has 0 aromatic carbocycles. The highest BCUT2D eigenvalue weighted by Gasteiger charge is 2.44. The number of hydrogen-bond donors (Lipinski definition) is 1. The highest BCUT2D eigenvalue weighted by atomic mass is 32.1. The first-order chi connectivity index (χ1) is 9.62. The number of methoxy groups -OCH3 is 1. The van der Waals surface area contributed by atoms with Gasteiger partial charge in [0.1, 0.15) is 0 Å². The van der Waals surface area contributed by atoms with Gasteiger partial charge in [0.05, 0.1) is 6.61 Å². The summed E-state index contributed by atoms with van der Waals surface area (Å²) in [4.78, 5) is 16.3. The first kappa shape index (κ1) is 14.8. The molecule has 0 radical (unpaired) electrons. The summed E-state index contributed by atoms with van der Waals surface area (Å²) in [6, 6.07) is 0.632. The minimum Gasteiger partial charge on any atom is -0.384 e. The van der Waals surface area contributed by atoms with Gasteiger partial charge in [-0.2, -0.15) is 0 Å². The van der Waals surface area contributed by atoms with E-state index in [2.05, 4.69) is 22.4 Å². The summed E-state index contributed by atoms with van der Waals surface area (Å²) in [6.07, 6.45) is 4.71. The molecule has 3 rings (SSSR count). The number of hydrogen-bond acceptors (Lipinski definition) is 4. The van der Waals surface area contributed by atoms with E-state index in [1.54, 1.807) is 0 Å². The maximum absolute atomic E-state index is 11.2. The van der Waals surface area contributed by atoms with Crippen LogP contribution in [-0.4, -0.2) is 67.4 Å². The lowest BCUT2D eigenvalue weighted by molar-refractivity contribution is -0.119. The Morgan fingerprint density at radius 1 is 1.25 bits per heavy atom. The van der Waals surface area contributed by atoms with Crippen molar-refractivity contribution in [3.63, 3.8) is 0 Å². The zero-order valence-electron chi connectivity index (χ0n) is 12.4. The van der Waals surface area contributed by atoms with Gasteiger partial charge in [-0.15, -0.1) is 12.6 Å². The third kappa shape index (κ3) is 3.21. The smallest absolute Gasteiger partial charge is 0.189 e. The van der Waals surface area contributed by atoms with Crippen LogP contribution in [-0.2, 0) is 9.53 Å². The van der Waals surface area contributed by atoms with E-state index in [0.29, 0.717) is 11.5 Å². The average molecular weight is 298 g/mol. The van der Waals surface area contributed by atoms with E-state index in [4.69, 9.17) is 4.74 Å². The molecule has 2 aliphatic carbocycles. The average Bonchev–Trinajstić information content (AvgIpc) is 3.09. The fourth-order valence-corrected chi connectivity index (χ4v) is 3.89. The molecule has 0 atom stereocenters. The fraction of sp³-hybridized carbons (Fsp3) is 0.933. The summed E-state index contributed by atoms with van der Waals surface area (Å²) in [5, 5.41) is 0.0788. The van der Waals surface area contributed by atoms with Crippen molar-refractivity contribution in [3.8, 4) is 0 Å². The summed E-state index contributed by atoms with van der Waals surface area (Å²) in [7, 11) is 1.81. The van der Waals surface area contributed by atoms with Crippen LogP contribution < -0.4 is 0 Å². The van der Waals surface area contributed by atoms with Crippen LogP contribution in [0.2, 0.25) is 0 Å². The van der Waals surface area contributed by atoms with Gasteiger partial charge in [-0.1, -0.05) is 0 Å². The molecule has 114 valence electrons. The van der Waals surface area contributed by atoms with Crippen LogP contribution in [0.1, 0.15) is 25.7 Å². The van der Waals surface area contributed by atoms with Crippen LogP contribution in [0.5, 0.6) is 0 Å². The molecular formula is C15H26N2O2S.